The lowest BCUT2D eigenvalue weighted by Crippen LogP contribution is -2.49. The molecule has 0 aromatic heterocycles. The highest BCUT2D eigenvalue weighted by molar-refractivity contribution is 7.92. The van der Waals surface area contributed by atoms with Crippen molar-refractivity contribution in [2.45, 2.75) is 30.7 Å². The molecule has 5 nitrogen and oxygen atoms in total. The molecule has 0 saturated heterocycles. The topological polar surface area (TPSA) is 81.8 Å². The molecule has 33 heavy (non-hydrogen) atoms. The van der Waals surface area contributed by atoms with Gasteiger partial charge in [-0.15, -0.1) is 0 Å². The molecule has 0 aliphatic carbocycles. The molecule has 0 saturated carbocycles. The molecule has 1 aliphatic heterocycles. The first-order chi connectivity index (χ1) is 15.7. The fourth-order valence-electron chi connectivity index (χ4n) is 4.08. The maximum Gasteiger partial charge on any atom is 0.163 e. The molecule has 0 bridgehead atoms. The summed E-state index contributed by atoms with van der Waals surface area (Å²) >= 11 is 0. The standard InChI is InChI=1S/C25H24F2N2O3S/c1-25(21-11-10-19(26)14-22(21)27)16-33(30,31)23(24(28)29-25)13-18-8-5-9-20(12-18)32-15-17-6-3-2-4-7-17/h2-12,14,23H,13,15-16H2,1H3,(H2,28,29). The minimum atomic E-state index is -3.78. The minimum absolute atomic E-state index is 0.00909. The number of nitrogens with two attached hydrogens (primary N) is 1. The van der Waals surface area contributed by atoms with E-state index >= 15 is 0 Å². The van der Waals surface area contributed by atoms with Crippen LogP contribution in [0.25, 0.3) is 0 Å². The zero-order valence-corrected chi connectivity index (χ0v) is 18.9. The number of halogens is 2. The van der Waals surface area contributed by atoms with E-state index in [1.807, 2.05) is 30.3 Å². The highest BCUT2D eigenvalue weighted by Gasteiger charge is 2.44. The lowest BCUT2D eigenvalue weighted by atomic mass is 9.93. The van der Waals surface area contributed by atoms with E-state index in [1.165, 1.54) is 13.0 Å². The minimum Gasteiger partial charge on any atom is -0.489 e. The van der Waals surface area contributed by atoms with Crippen LogP contribution in [0.1, 0.15) is 23.6 Å². The van der Waals surface area contributed by atoms with E-state index in [9.17, 15) is 17.2 Å². The first-order valence-electron chi connectivity index (χ1n) is 10.4. The van der Waals surface area contributed by atoms with Crippen molar-refractivity contribution in [1.29, 1.82) is 0 Å². The van der Waals surface area contributed by atoms with Gasteiger partial charge in [0.1, 0.15) is 40.6 Å². The Kier molecular flexibility index (Phi) is 6.21. The first-order valence-corrected chi connectivity index (χ1v) is 12.2. The van der Waals surface area contributed by atoms with Gasteiger partial charge in [0.25, 0.3) is 0 Å². The molecule has 0 radical (unpaired) electrons. The summed E-state index contributed by atoms with van der Waals surface area (Å²) < 4.78 is 59.9. The van der Waals surface area contributed by atoms with Crippen LogP contribution >= 0.6 is 0 Å². The summed E-state index contributed by atoms with van der Waals surface area (Å²) in [6.45, 7) is 1.87. The molecule has 0 amide bonds. The molecule has 8 heteroatoms. The van der Waals surface area contributed by atoms with Gasteiger partial charge in [0, 0.05) is 11.6 Å². The van der Waals surface area contributed by atoms with E-state index in [0.29, 0.717) is 18.4 Å². The summed E-state index contributed by atoms with van der Waals surface area (Å²) in [5, 5.41) is -1.04. The van der Waals surface area contributed by atoms with Crippen LogP contribution in [-0.4, -0.2) is 25.3 Å². The average Bonchev–Trinajstić information content (AvgIpc) is 2.75. The molecule has 0 fully saturated rings. The maximum atomic E-state index is 14.4. The van der Waals surface area contributed by atoms with Gasteiger partial charge in [-0.2, -0.15) is 0 Å². The van der Waals surface area contributed by atoms with Crippen LogP contribution in [-0.2, 0) is 28.4 Å². The molecule has 2 N–H and O–H groups in total. The molecule has 3 aromatic carbocycles. The predicted octanol–water partition coefficient (Wildman–Crippen LogP) is 4.16. The highest BCUT2D eigenvalue weighted by atomic mass is 32.2. The molecule has 1 heterocycles. The number of rotatable bonds is 6. The molecular formula is C25H24F2N2O3S. The van der Waals surface area contributed by atoms with Gasteiger partial charge in [-0.25, -0.2) is 17.2 Å². The monoisotopic (exact) mass is 470 g/mol. The van der Waals surface area contributed by atoms with Crippen LogP contribution in [0, 0.1) is 11.6 Å². The fraction of sp³-hybridized carbons (Fsp3) is 0.240. The summed E-state index contributed by atoms with van der Waals surface area (Å²) in [7, 11) is -3.78. The number of nitrogens with zero attached hydrogens (tertiary/aromatic N) is 1. The summed E-state index contributed by atoms with van der Waals surface area (Å²) in [6, 6.07) is 19.9. The van der Waals surface area contributed by atoms with Crippen molar-refractivity contribution in [2.24, 2.45) is 10.7 Å². The predicted molar refractivity (Wildman–Crippen MR) is 124 cm³/mol. The van der Waals surface area contributed by atoms with Gasteiger partial charge < -0.3 is 10.5 Å². The summed E-state index contributed by atoms with van der Waals surface area (Å²) in [6.07, 6.45) is 0.113. The molecule has 0 spiro atoms. The molecule has 2 atom stereocenters. The van der Waals surface area contributed by atoms with Gasteiger partial charge >= 0.3 is 0 Å². The van der Waals surface area contributed by atoms with Crippen molar-refractivity contribution in [2.75, 3.05) is 5.75 Å². The van der Waals surface area contributed by atoms with Crippen molar-refractivity contribution in [3.8, 4) is 5.75 Å². The Morgan fingerprint density at radius 3 is 2.45 bits per heavy atom. The Morgan fingerprint density at radius 1 is 1.03 bits per heavy atom. The summed E-state index contributed by atoms with van der Waals surface area (Å²) in [5.74, 6) is -1.52. The van der Waals surface area contributed by atoms with E-state index in [1.54, 1.807) is 24.3 Å². The highest BCUT2D eigenvalue weighted by Crippen LogP contribution is 2.35. The smallest absolute Gasteiger partial charge is 0.163 e. The van der Waals surface area contributed by atoms with Crippen LogP contribution in [0.15, 0.2) is 77.8 Å². The summed E-state index contributed by atoms with van der Waals surface area (Å²) in [5.41, 5.74) is 6.41. The number of sulfone groups is 1. The zero-order chi connectivity index (χ0) is 23.6. The van der Waals surface area contributed by atoms with Gasteiger partial charge in [-0.05, 0) is 42.7 Å². The van der Waals surface area contributed by atoms with Gasteiger partial charge in [0.15, 0.2) is 9.84 Å². The number of hydrogen-bond donors (Lipinski definition) is 1. The summed E-state index contributed by atoms with van der Waals surface area (Å²) in [4.78, 5) is 4.37. The molecule has 4 rings (SSSR count). The molecular weight excluding hydrogens is 446 g/mol. The number of hydrogen-bond acceptors (Lipinski definition) is 5. The van der Waals surface area contributed by atoms with Gasteiger partial charge in [0.2, 0.25) is 0 Å². The largest absolute Gasteiger partial charge is 0.489 e. The van der Waals surface area contributed by atoms with Crippen molar-refractivity contribution < 1.29 is 21.9 Å². The zero-order valence-electron chi connectivity index (χ0n) is 18.0. The second-order valence-electron chi connectivity index (χ2n) is 8.36. The van der Waals surface area contributed by atoms with Crippen LogP contribution in [0.4, 0.5) is 8.78 Å². The van der Waals surface area contributed by atoms with Crippen molar-refractivity contribution in [3.05, 3.63) is 101 Å². The van der Waals surface area contributed by atoms with Gasteiger partial charge in [-0.1, -0.05) is 48.5 Å². The first kappa shape index (κ1) is 22.9. The van der Waals surface area contributed by atoms with Crippen molar-refractivity contribution in [1.82, 2.24) is 0 Å². The number of benzene rings is 3. The van der Waals surface area contributed by atoms with Crippen molar-refractivity contribution >= 4 is 15.7 Å². The lowest BCUT2D eigenvalue weighted by Gasteiger charge is -2.34. The normalized spacial score (nSPS) is 21.9. The van der Waals surface area contributed by atoms with E-state index in [-0.39, 0.29) is 17.8 Å². The third-order valence-electron chi connectivity index (χ3n) is 5.70. The molecule has 1 aliphatic rings. The van der Waals surface area contributed by atoms with E-state index in [0.717, 1.165) is 17.2 Å². The van der Waals surface area contributed by atoms with Crippen LogP contribution in [0.2, 0.25) is 0 Å². The van der Waals surface area contributed by atoms with Crippen LogP contribution in [0.3, 0.4) is 0 Å². The SMILES string of the molecule is CC1(c2ccc(F)cc2F)CS(=O)(=O)C(Cc2cccc(OCc3ccccc3)c2)C(N)=N1. The lowest BCUT2D eigenvalue weighted by molar-refractivity contribution is 0.306. The molecule has 2 unspecified atom stereocenters. The van der Waals surface area contributed by atoms with E-state index in [4.69, 9.17) is 10.5 Å². The van der Waals surface area contributed by atoms with E-state index in [2.05, 4.69) is 4.99 Å². The van der Waals surface area contributed by atoms with Crippen LogP contribution < -0.4 is 10.5 Å². The number of amidine groups is 1. The van der Waals surface area contributed by atoms with E-state index < -0.39 is 38.0 Å². The van der Waals surface area contributed by atoms with Crippen molar-refractivity contribution in [3.63, 3.8) is 0 Å². The Hall–Kier alpha value is -3.26. The Bertz CT molecular complexity index is 1300. The Morgan fingerprint density at radius 2 is 1.76 bits per heavy atom. The average molecular weight is 471 g/mol. The second kappa shape index (κ2) is 8.94. The second-order valence-corrected chi connectivity index (χ2v) is 10.5. The molecule has 172 valence electrons. The van der Waals surface area contributed by atoms with Crippen LogP contribution in [0.5, 0.6) is 5.75 Å². The third-order valence-corrected chi connectivity index (χ3v) is 7.94. The number of ether oxygens (including phenoxy) is 1. The maximum absolute atomic E-state index is 14.4. The fourth-order valence-corrected chi connectivity index (χ4v) is 6.15. The van der Waals surface area contributed by atoms with Gasteiger partial charge in [-0.3, -0.25) is 4.99 Å². The third kappa shape index (κ3) is 5.06. The Balaban J connectivity index is 1.56. The number of aliphatic imine (C=N–C) groups is 1. The van der Waals surface area contributed by atoms with Gasteiger partial charge in [0.05, 0.1) is 5.75 Å². The molecule has 3 aromatic rings. The quantitative estimate of drug-likeness (QED) is 0.587. The Labute approximate surface area is 191 Å².